The highest BCUT2D eigenvalue weighted by molar-refractivity contribution is 7.88. The van der Waals surface area contributed by atoms with Gasteiger partial charge in [0.2, 0.25) is 10.0 Å². The summed E-state index contributed by atoms with van der Waals surface area (Å²) in [6, 6.07) is 7.49. The van der Waals surface area contributed by atoms with E-state index in [4.69, 9.17) is 0 Å². The first-order valence-corrected chi connectivity index (χ1v) is 9.34. The number of carbonyl (C=O) groups is 1. The molecule has 3 rings (SSSR count). The molecule has 0 amide bonds. The van der Waals surface area contributed by atoms with Gasteiger partial charge in [-0.15, -0.1) is 0 Å². The second-order valence-corrected chi connectivity index (χ2v) is 8.22. The number of aromatic carboxylic acids is 1. The standard InChI is InChI=1S/C16H20N2O4S/c1-10(12-8-17(9-12)23(3,21)22)18-11(2)15(16(19)20)13-6-4-5-7-14(13)18/h4-7,10,12H,8-9H2,1-3H3,(H,19,20). The van der Waals surface area contributed by atoms with Crippen molar-refractivity contribution in [3.8, 4) is 0 Å². The zero-order valence-electron chi connectivity index (χ0n) is 13.4. The maximum absolute atomic E-state index is 11.6. The van der Waals surface area contributed by atoms with E-state index >= 15 is 0 Å². The van der Waals surface area contributed by atoms with E-state index in [0.717, 1.165) is 10.9 Å². The number of nitrogens with zero attached hydrogens (tertiary/aromatic N) is 2. The summed E-state index contributed by atoms with van der Waals surface area (Å²) in [5.41, 5.74) is 1.92. The number of rotatable bonds is 4. The van der Waals surface area contributed by atoms with Crippen molar-refractivity contribution >= 4 is 26.9 Å². The zero-order valence-corrected chi connectivity index (χ0v) is 14.2. The number of carboxylic acids is 1. The van der Waals surface area contributed by atoms with Gasteiger partial charge in [-0.2, -0.15) is 0 Å². The Balaban J connectivity index is 2.01. The van der Waals surface area contributed by atoms with Crippen molar-refractivity contribution in [1.29, 1.82) is 0 Å². The Morgan fingerprint density at radius 3 is 2.48 bits per heavy atom. The van der Waals surface area contributed by atoms with Crippen molar-refractivity contribution in [3.05, 3.63) is 35.5 Å². The lowest BCUT2D eigenvalue weighted by molar-refractivity contribution is 0.0697. The van der Waals surface area contributed by atoms with Crippen LogP contribution in [0, 0.1) is 12.8 Å². The highest BCUT2D eigenvalue weighted by atomic mass is 32.2. The first-order chi connectivity index (χ1) is 10.7. The van der Waals surface area contributed by atoms with E-state index in [9.17, 15) is 18.3 Å². The minimum atomic E-state index is -3.15. The number of hydrogen-bond acceptors (Lipinski definition) is 3. The Hall–Kier alpha value is -1.86. The quantitative estimate of drug-likeness (QED) is 0.927. The monoisotopic (exact) mass is 336 g/mol. The normalized spacial score (nSPS) is 18.0. The molecule has 0 saturated carbocycles. The van der Waals surface area contributed by atoms with E-state index in [0.29, 0.717) is 24.3 Å². The van der Waals surface area contributed by atoms with Crippen LogP contribution < -0.4 is 0 Å². The number of para-hydroxylation sites is 1. The molecule has 1 aliphatic rings. The van der Waals surface area contributed by atoms with Gasteiger partial charge >= 0.3 is 5.97 Å². The molecule has 0 spiro atoms. The van der Waals surface area contributed by atoms with Crippen molar-refractivity contribution in [2.45, 2.75) is 19.9 Å². The lowest BCUT2D eigenvalue weighted by Gasteiger charge is -2.41. The van der Waals surface area contributed by atoms with Crippen LogP contribution in [0.4, 0.5) is 0 Å². The Kier molecular flexibility index (Phi) is 3.72. The van der Waals surface area contributed by atoms with Gasteiger partial charge in [0.15, 0.2) is 0 Å². The minimum Gasteiger partial charge on any atom is -0.478 e. The van der Waals surface area contributed by atoms with Gasteiger partial charge in [0, 0.05) is 41.6 Å². The number of fused-ring (bicyclic) bond motifs is 1. The number of carboxylic acid groups (broad SMARTS) is 1. The fourth-order valence-electron chi connectivity index (χ4n) is 3.44. The lowest BCUT2D eigenvalue weighted by Crippen LogP contribution is -2.52. The molecule has 7 heteroatoms. The minimum absolute atomic E-state index is 0.0333. The molecule has 0 radical (unpaired) electrons. The summed E-state index contributed by atoms with van der Waals surface area (Å²) in [5.74, 6) is -0.753. The SMILES string of the molecule is Cc1c(C(=O)O)c2ccccc2n1C(C)C1CN(S(C)(=O)=O)C1. The smallest absolute Gasteiger partial charge is 0.338 e. The molecule has 0 aliphatic carbocycles. The van der Waals surface area contributed by atoms with Crippen LogP contribution in [0.2, 0.25) is 0 Å². The fraction of sp³-hybridized carbons (Fsp3) is 0.438. The average molecular weight is 336 g/mol. The highest BCUT2D eigenvalue weighted by Gasteiger charge is 2.38. The molecule has 1 fully saturated rings. The predicted octanol–water partition coefficient (Wildman–Crippen LogP) is 2.10. The fourth-order valence-corrected chi connectivity index (χ4v) is 4.37. The van der Waals surface area contributed by atoms with Gasteiger partial charge in [0.1, 0.15) is 0 Å². The molecule has 1 aliphatic heterocycles. The van der Waals surface area contributed by atoms with Crippen molar-refractivity contribution in [1.82, 2.24) is 8.87 Å². The van der Waals surface area contributed by atoms with E-state index in [2.05, 4.69) is 0 Å². The van der Waals surface area contributed by atoms with E-state index in [1.807, 2.05) is 42.7 Å². The summed E-state index contributed by atoms with van der Waals surface area (Å²) >= 11 is 0. The highest BCUT2D eigenvalue weighted by Crippen LogP contribution is 2.35. The average Bonchev–Trinajstić information content (AvgIpc) is 2.66. The third-order valence-electron chi connectivity index (χ3n) is 4.80. The van der Waals surface area contributed by atoms with Gasteiger partial charge in [0.25, 0.3) is 0 Å². The van der Waals surface area contributed by atoms with E-state index in [-0.39, 0.29) is 12.0 Å². The summed E-state index contributed by atoms with van der Waals surface area (Å²) in [7, 11) is -3.15. The van der Waals surface area contributed by atoms with Crippen LogP contribution in [0.1, 0.15) is 29.0 Å². The van der Waals surface area contributed by atoms with Crippen LogP contribution in [0.15, 0.2) is 24.3 Å². The first-order valence-electron chi connectivity index (χ1n) is 7.49. The second-order valence-electron chi connectivity index (χ2n) is 6.23. The molecule has 2 heterocycles. The Morgan fingerprint density at radius 1 is 1.30 bits per heavy atom. The maximum atomic E-state index is 11.6. The Labute approximate surface area is 135 Å². The predicted molar refractivity (Wildman–Crippen MR) is 88.3 cm³/mol. The molecule has 2 aromatic rings. The Morgan fingerprint density at radius 2 is 1.91 bits per heavy atom. The van der Waals surface area contributed by atoms with Gasteiger partial charge in [-0.25, -0.2) is 17.5 Å². The molecule has 124 valence electrons. The molecule has 1 N–H and O–H groups in total. The van der Waals surface area contributed by atoms with Crippen LogP contribution in [-0.2, 0) is 10.0 Å². The molecular formula is C16H20N2O4S. The van der Waals surface area contributed by atoms with Crippen molar-refractivity contribution in [2.24, 2.45) is 5.92 Å². The Bertz CT molecular complexity index is 879. The van der Waals surface area contributed by atoms with E-state index < -0.39 is 16.0 Å². The molecule has 1 aromatic carbocycles. The number of aromatic nitrogens is 1. The molecule has 23 heavy (non-hydrogen) atoms. The molecule has 1 saturated heterocycles. The number of hydrogen-bond donors (Lipinski definition) is 1. The van der Waals surface area contributed by atoms with Crippen LogP contribution in [0.5, 0.6) is 0 Å². The largest absolute Gasteiger partial charge is 0.478 e. The van der Waals surface area contributed by atoms with Gasteiger partial charge in [-0.05, 0) is 19.9 Å². The zero-order chi connectivity index (χ0) is 16.9. The van der Waals surface area contributed by atoms with Crippen LogP contribution in [-0.4, -0.2) is 47.7 Å². The third-order valence-corrected chi connectivity index (χ3v) is 6.04. The second kappa shape index (κ2) is 5.35. The van der Waals surface area contributed by atoms with Crippen molar-refractivity contribution in [2.75, 3.05) is 19.3 Å². The van der Waals surface area contributed by atoms with Crippen molar-refractivity contribution < 1.29 is 18.3 Å². The van der Waals surface area contributed by atoms with E-state index in [1.54, 1.807) is 0 Å². The van der Waals surface area contributed by atoms with Gasteiger partial charge in [-0.3, -0.25) is 0 Å². The first kappa shape index (κ1) is 16.0. The summed E-state index contributed by atoms with van der Waals surface area (Å²) in [4.78, 5) is 11.6. The lowest BCUT2D eigenvalue weighted by atomic mass is 9.94. The topological polar surface area (TPSA) is 79.6 Å². The van der Waals surface area contributed by atoms with Gasteiger partial charge in [0.05, 0.1) is 11.8 Å². The third kappa shape index (κ3) is 2.53. The van der Waals surface area contributed by atoms with Gasteiger partial charge < -0.3 is 9.67 Å². The summed E-state index contributed by atoms with van der Waals surface area (Å²) in [5, 5.41) is 10.2. The van der Waals surface area contributed by atoms with Crippen LogP contribution in [0.25, 0.3) is 10.9 Å². The summed E-state index contributed by atoms with van der Waals surface area (Å²) in [6.07, 6.45) is 1.22. The maximum Gasteiger partial charge on any atom is 0.338 e. The van der Waals surface area contributed by atoms with Crippen molar-refractivity contribution in [3.63, 3.8) is 0 Å². The molecule has 0 bridgehead atoms. The van der Waals surface area contributed by atoms with Crippen LogP contribution in [0.3, 0.4) is 0 Å². The van der Waals surface area contributed by atoms with Gasteiger partial charge in [-0.1, -0.05) is 18.2 Å². The van der Waals surface area contributed by atoms with E-state index in [1.165, 1.54) is 10.6 Å². The summed E-state index contributed by atoms with van der Waals surface area (Å²) in [6.45, 7) is 4.80. The molecule has 6 nitrogen and oxygen atoms in total. The molecule has 1 unspecified atom stereocenters. The molecule has 1 aromatic heterocycles. The number of sulfonamides is 1. The van der Waals surface area contributed by atoms with Crippen LogP contribution >= 0.6 is 0 Å². The molecular weight excluding hydrogens is 316 g/mol. The summed E-state index contributed by atoms with van der Waals surface area (Å²) < 4.78 is 26.5. The molecule has 1 atom stereocenters. The number of benzene rings is 1.